The van der Waals surface area contributed by atoms with Crippen LogP contribution in [-0.2, 0) is 6.54 Å². The number of benzene rings is 1. The maximum absolute atomic E-state index is 5.85. The summed E-state index contributed by atoms with van der Waals surface area (Å²) in [6.45, 7) is 4.59. The first kappa shape index (κ1) is 12.6. The van der Waals surface area contributed by atoms with Crippen molar-refractivity contribution in [1.82, 2.24) is 4.98 Å². The fourth-order valence-electron chi connectivity index (χ4n) is 1.55. The number of guanidine groups is 1. The van der Waals surface area contributed by atoms with Crippen LogP contribution in [0.4, 0.5) is 5.69 Å². The Kier molecular flexibility index (Phi) is 3.94. The first-order valence-corrected chi connectivity index (χ1v) is 6.55. The molecule has 0 fully saturated rings. The normalized spacial score (nSPS) is 11.6. The SMILES string of the molecule is Cc1cccc(NC(N)=NCc2scnc2C)c1. The molecule has 2 aromatic rings. The van der Waals surface area contributed by atoms with Crippen molar-refractivity contribution in [3.8, 4) is 0 Å². The number of anilines is 1. The number of nitrogens with zero attached hydrogens (tertiary/aromatic N) is 2. The lowest BCUT2D eigenvalue weighted by atomic mass is 10.2. The lowest BCUT2D eigenvalue weighted by Gasteiger charge is -2.06. The van der Waals surface area contributed by atoms with Crippen LogP contribution in [0, 0.1) is 13.8 Å². The van der Waals surface area contributed by atoms with E-state index in [2.05, 4.69) is 15.3 Å². The summed E-state index contributed by atoms with van der Waals surface area (Å²) in [4.78, 5) is 9.63. The van der Waals surface area contributed by atoms with Crippen molar-refractivity contribution >= 4 is 23.0 Å². The summed E-state index contributed by atoms with van der Waals surface area (Å²) in [7, 11) is 0. The molecule has 0 radical (unpaired) electrons. The van der Waals surface area contributed by atoms with E-state index in [0.29, 0.717) is 12.5 Å². The minimum absolute atomic E-state index is 0.424. The number of nitrogens with two attached hydrogens (primary N) is 1. The Morgan fingerprint density at radius 3 is 2.94 bits per heavy atom. The number of hydrogen-bond donors (Lipinski definition) is 2. The molecule has 2 rings (SSSR count). The minimum Gasteiger partial charge on any atom is -0.370 e. The van der Waals surface area contributed by atoms with Crippen molar-refractivity contribution in [2.75, 3.05) is 5.32 Å². The Bertz CT molecular complexity index is 560. The molecule has 5 heteroatoms. The van der Waals surface area contributed by atoms with Crippen LogP contribution in [0.25, 0.3) is 0 Å². The van der Waals surface area contributed by atoms with Gasteiger partial charge in [-0.2, -0.15) is 0 Å². The zero-order valence-corrected chi connectivity index (χ0v) is 11.3. The summed E-state index contributed by atoms with van der Waals surface area (Å²) in [5.41, 5.74) is 10.8. The summed E-state index contributed by atoms with van der Waals surface area (Å²) in [5.74, 6) is 0.424. The van der Waals surface area contributed by atoms with E-state index < -0.39 is 0 Å². The van der Waals surface area contributed by atoms with Gasteiger partial charge in [-0.1, -0.05) is 12.1 Å². The average Bonchev–Trinajstić information content (AvgIpc) is 2.72. The van der Waals surface area contributed by atoms with Gasteiger partial charge in [-0.3, -0.25) is 0 Å². The second-order valence-electron chi connectivity index (χ2n) is 4.06. The molecule has 0 aliphatic rings. The van der Waals surface area contributed by atoms with Crippen molar-refractivity contribution in [3.63, 3.8) is 0 Å². The lowest BCUT2D eigenvalue weighted by molar-refractivity contribution is 1.05. The molecule has 0 saturated heterocycles. The molecular formula is C13H16N4S. The molecule has 18 heavy (non-hydrogen) atoms. The van der Waals surface area contributed by atoms with Gasteiger partial charge in [-0.15, -0.1) is 11.3 Å². The second kappa shape index (κ2) is 5.64. The molecule has 0 aliphatic heterocycles. The van der Waals surface area contributed by atoms with E-state index in [-0.39, 0.29) is 0 Å². The molecule has 1 aromatic heterocycles. The van der Waals surface area contributed by atoms with Crippen LogP contribution in [0.2, 0.25) is 0 Å². The summed E-state index contributed by atoms with van der Waals surface area (Å²) >= 11 is 1.60. The Balaban J connectivity index is 1.99. The molecule has 0 bridgehead atoms. The number of aryl methyl sites for hydroxylation is 2. The van der Waals surface area contributed by atoms with E-state index in [1.54, 1.807) is 11.3 Å². The topological polar surface area (TPSA) is 63.3 Å². The summed E-state index contributed by atoms with van der Waals surface area (Å²) in [6.07, 6.45) is 0. The molecule has 3 N–H and O–H groups in total. The zero-order chi connectivity index (χ0) is 13.0. The van der Waals surface area contributed by atoms with E-state index in [1.165, 1.54) is 5.56 Å². The third kappa shape index (κ3) is 3.30. The zero-order valence-electron chi connectivity index (χ0n) is 10.5. The van der Waals surface area contributed by atoms with Gasteiger partial charge in [0.2, 0.25) is 0 Å². The number of thiazole rings is 1. The standard InChI is InChI=1S/C13H16N4S/c1-9-4-3-5-11(6-9)17-13(14)15-7-12-10(2)16-8-18-12/h3-6,8H,7H2,1-2H3,(H3,14,15,17). The van der Waals surface area contributed by atoms with Gasteiger partial charge in [0.1, 0.15) is 0 Å². The highest BCUT2D eigenvalue weighted by atomic mass is 32.1. The van der Waals surface area contributed by atoms with Crippen LogP contribution in [0.3, 0.4) is 0 Å². The molecule has 0 atom stereocenters. The Labute approximate surface area is 111 Å². The molecule has 0 spiro atoms. The van der Waals surface area contributed by atoms with Crippen LogP contribution in [-0.4, -0.2) is 10.9 Å². The number of nitrogens with one attached hydrogen (secondary N) is 1. The van der Waals surface area contributed by atoms with Gasteiger partial charge in [0.15, 0.2) is 5.96 Å². The number of rotatable bonds is 3. The highest BCUT2D eigenvalue weighted by Gasteiger charge is 2.00. The molecule has 1 aromatic carbocycles. The van der Waals surface area contributed by atoms with Gasteiger partial charge < -0.3 is 11.1 Å². The van der Waals surface area contributed by atoms with Crippen molar-refractivity contribution in [2.24, 2.45) is 10.7 Å². The third-order valence-corrected chi connectivity index (χ3v) is 3.45. The van der Waals surface area contributed by atoms with E-state index in [1.807, 2.05) is 43.6 Å². The van der Waals surface area contributed by atoms with Gasteiger partial charge in [0.25, 0.3) is 0 Å². The third-order valence-electron chi connectivity index (χ3n) is 2.53. The van der Waals surface area contributed by atoms with Crippen molar-refractivity contribution in [3.05, 3.63) is 45.9 Å². The Hall–Kier alpha value is -1.88. The molecule has 1 heterocycles. The van der Waals surface area contributed by atoms with E-state index in [9.17, 15) is 0 Å². The predicted molar refractivity (Wildman–Crippen MR) is 77.0 cm³/mol. The van der Waals surface area contributed by atoms with Gasteiger partial charge in [0.05, 0.1) is 17.7 Å². The first-order valence-electron chi connectivity index (χ1n) is 5.68. The highest BCUT2D eigenvalue weighted by Crippen LogP contribution is 2.13. The summed E-state index contributed by atoms with van der Waals surface area (Å²) in [5, 5.41) is 3.08. The van der Waals surface area contributed by atoms with Crippen molar-refractivity contribution in [2.45, 2.75) is 20.4 Å². The lowest BCUT2D eigenvalue weighted by Crippen LogP contribution is -2.22. The molecule has 0 amide bonds. The van der Waals surface area contributed by atoms with Crippen LogP contribution in [0.1, 0.15) is 16.1 Å². The quantitative estimate of drug-likeness (QED) is 0.659. The fourth-order valence-corrected chi connectivity index (χ4v) is 2.25. The highest BCUT2D eigenvalue weighted by molar-refractivity contribution is 7.09. The maximum atomic E-state index is 5.85. The summed E-state index contributed by atoms with van der Waals surface area (Å²) in [6, 6.07) is 8.02. The number of aromatic nitrogens is 1. The van der Waals surface area contributed by atoms with Gasteiger partial charge in [0, 0.05) is 10.6 Å². The van der Waals surface area contributed by atoms with E-state index >= 15 is 0 Å². The summed E-state index contributed by atoms with van der Waals surface area (Å²) < 4.78 is 0. The van der Waals surface area contributed by atoms with Gasteiger partial charge in [-0.25, -0.2) is 9.98 Å². The van der Waals surface area contributed by atoms with Crippen LogP contribution in [0.15, 0.2) is 34.8 Å². The molecule has 94 valence electrons. The van der Waals surface area contributed by atoms with Crippen molar-refractivity contribution in [1.29, 1.82) is 0 Å². The van der Waals surface area contributed by atoms with Gasteiger partial charge >= 0.3 is 0 Å². The fraction of sp³-hybridized carbons (Fsp3) is 0.231. The van der Waals surface area contributed by atoms with E-state index in [0.717, 1.165) is 16.3 Å². The molecule has 0 saturated carbocycles. The number of aliphatic imine (C=N–C) groups is 1. The first-order chi connectivity index (χ1) is 8.65. The molecular weight excluding hydrogens is 244 g/mol. The molecule has 0 unspecified atom stereocenters. The monoisotopic (exact) mass is 260 g/mol. The van der Waals surface area contributed by atoms with E-state index in [4.69, 9.17) is 5.73 Å². The Morgan fingerprint density at radius 2 is 2.28 bits per heavy atom. The van der Waals surface area contributed by atoms with Crippen LogP contribution >= 0.6 is 11.3 Å². The molecule has 0 aliphatic carbocycles. The second-order valence-corrected chi connectivity index (χ2v) is 5.00. The van der Waals surface area contributed by atoms with Crippen LogP contribution < -0.4 is 11.1 Å². The van der Waals surface area contributed by atoms with Gasteiger partial charge in [-0.05, 0) is 31.5 Å². The minimum atomic E-state index is 0.424. The largest absolute Gasteiger partial charge is 0.370 e. The predicted octanol–water partition coefficient (Wildman–Crippen LogP) is 2.69. The Morgan fingerprint density at radius 1 is 1.44 bits per heavy atom. The molecule has 4 nitrogen and oxygen atoms in total. The maximum Gasteiger partial charge on any atom is 0.193 e. The smallest absolute Gasteiger partial charge is 0.193 e. The van der Waals surface area contributed by atoms with Crippen LogP contribution in [0.5, 0.6) is 0 Å². The number of hydrogen-bond acceptors (Lipinski definition) is 3. The van der Waals surface area contributed by atoms with Crippen molar-refractivity contribution < 1.29 is 0 Å². The average molecular weight is 260 g/mol.